The highest BCUT2D eigenvalue weighted by molar-refractivity contribution is 5.98. The number of hydrogen-bond acceptors (Lipinski definition) is 5. The highest BCUT2D eigenvalue weighted by Crippen LogP contribution is 2.51. The second-order valence-corrected chi connectivity index (χ2v) is 9.70. The third-order valence-electron chi connectivity index (χ3n) is 6.98. The molecule has 0 saturated carbocycles. The van der Waals surface area contributed by atoms with Crippen LogP contribution in [0.25, 0.3) is 22.2 Å². The Morgan fingerprint density at radius 3 is 2.36 bits per heavy atom. The molecule has 2 aromatic heterocycles. The zero-order chi connectivity index (χ0) is 25.0. The van der Waals surface area contributed by atoms with Gasteiger partial charge in [-0.15, -0.1) is 0 Å². The molecular weight excluding hydrogens is 444 g/mol. The van der Waals surface area contributed by atoms with Crippen molar-refractivity contribution in [1.29, 1.82) is 0 Å². The lowest BCUT2D eigenvalue weighted by Crippen LogP contribution is -2.24. The topological polar surface area (TPSA) is 52.5 Å². The lowest BCUT2D eigenvalue weighted by molar-refractivity contribution is 0.480. The summed E-state index contributed by atoms with van der Waals surface area (Å²) in [5.74, 6) is 1.42. The van der Waals surface area contributed by atoms with Crippen LogP contribution in [0.1, 0.15) is 30.9 Å². The summed E-state index contributed by atoms with van der Waals surface area (Å²) in [4.78, 5) is 14.1. The second kappa shape index (κ2) is 8.38. The molecular formula is C31H28N4O. The van der Waals surface area contributed by atoms with Gasteiger partial charge in [-0.25, -0.2) is 9.97 Å². The zero-order valence-corrected chi connectivity index (χ0v) is 20.9. The lowest BCUT2D eigenvalue weighted by Gasteiger charge is -2.38. The van der Waals surface area contributed by atoms with Gasteiger partial charge in [0, 0.05) is 24.2 Å². The summed E-state index contributed by atoms with van der Waals surface area (Å²) >= 11 is 0. The first-order valence-corrected chi connectivity index (χ1v) is 12.2. The molecule has 1 N–H and O–H groups in total. The Labute approximate surface area is 211 Å². The van der Waals surface area contributed by atoms with Crippen LogP contribution in [0.15, 0.2) is 85.1 Å². The Morgan fingerprint density at radius 2 is 1.58 bits per heavy atom. The molecule has 5 aromatic rings. The van der Waals surface area contributed by atoms with Gasteiger partial charge >= 0.3 is 0 Å². The van der Waals surface area contributed by atoms with Gasteiger partial charge in [-0.1, -0.05) is 44.2 Å². The van der Waals surface area contributed by atoms with Crippen LogP contribution in [-0.2, 0) is 0 Å². The number of phenols is 1. The van der Waals surface area contributed by atoms with E-state index < -0.39 is 0 Å². The normalized spacial score (nSPS) is 12.7. The Kier molecular flexibility index (Phi) is 5.15. The van der Waals surface area contributed by atoms with Crippen LogP contribution in [0.5, 0.6) is 5.75 Å². The number of nitrogens with zero attached hydrogens (tertiary/aromatic N) is 4. The van der Waals surface area contributed by atoms with Gasteiger partial charge in [-0.3, -0.25) is 4.90 Å². The smallest absolute Gasteiger partial charge is 0.141 e. The number of hydrogen-bond donors (Lipinski definition) is 1. The third-order valence-corrected chi connectivity index (χ3v) is 6.98. The van der Waals surface area contributed by atoms with Crippen LogP contribution in [0.2, 0.25) is 0 Å². The van der Waals surface area contributed by atoms with Gasteiger partial charge in [0.15, 0.2) is 0 Å². The van der Waals surface area contributed by atoms with Crippen LogP contribution < -0.4 is 9.80 Å². The largest absolute Gasteiger partial charge is 0.506 e. The van der Waals surface area contributed by atoms with Crippen molar-refractivity contribution in [3.63, 3.8) is 0 Å². The molecule has 0 aliphatic carbocycles. The molecule has 3 aromatic carbocycles. The quantitative estimate of drug-likeness (QED) is 0.288. The van der Waals surface area contributed by atoms with E-state index >= 15 is 0 Å². The monoisotopic (exact) mass is 472 g/mol. The maximum absolute atomic E-state index is 10.6. The minimum Gasteiger partial charge on any atom is -0.506 e. The van der Waals surface area contributed by atoms with Gasteiger partial charge in [0.05, 0.1) is 28.4 Å². The fourth-order valence-electron chi connectivity index (χ4n) is 5.12. The third kappa shape index (κ3) is 3.47. The molecule has 1 aliphatic heterocycles. The lowest BCUT2D eigenvalue weighted by atomic mass is 9.97. The van der Waals surface area contributed by atoms with Crippen LogP contribution in [0, 0.1) is 6.92 Å². The minimum absolute atomic E-state index is 0.202. The van der Waals surface area contributed by atoms with Crippen LogP contribution >= 0.6 is 0 Å². The summed E-state index contributed by atoms with van der Waals surface area (Å²) in [6.45, 7) is 6.40. The number of anilines is 5. The summed E-state index contributed by atoms with van der Waals surface area (Å²) in [7, 11) is 2.10. The van der Waals surface area contributed by atoms with Crippen LogP contribution in [0.4, 0.5) is 28.6 Å². The van der Waals surface area contributed by atoms with E-state index in [2.05, 4.69) is 92.2 Å². The molecule has 6 rings (SSSR count). The molecule has 0 saturated heterocycles. The number of aromatic hydroxyl groups is 1. The average Bonchev–Trinajstić information content (AvgIpc) is 2.88. The summed E-state index contributed by atoms with van der Waals surface area (Å²) in [6.07, 6.45) is 1.86. The molecule has 0 amide bonds. The summed E-state index contributed by atoms with van der Waals surface area (Å²) < 4.78 is 0. The standard InChI is InChI=1S/C31H28N4O/c1-19(2)22-11-14-29(36)31-23(22)10-12-24(33-31)21-9-13-26-28(18-21)35(30-17-20(3)15-16-32-30)27-8-6-5-7-25(27)34(26)4/h5-19,36H,1-4H3. The molecule has 1 aliphatic rings. The highest BCUT2D eigenvalue weighted by Gasteiger charge is 2.28. The molecule has 0 bridgehead atoms. The predicted octanol–water partition coefficient (Wildman–Crippen LogP) is 7.99. The minimum atomic E-state index is 0.202. The van der Waals surface area contributed by atoms with Crippen molar-refractivity contribution >= 4 is 39.5 Å². The van der Waals surface area contributed by atoms with E-state index in [9.17, 15) is 5.11 Å². The fourth-order valence-corrected chi connectivity index (χ4v) is 5.12. The zero-order valence-electron chi connectivity index (χ0n) is 20.9. The first-order chi connectivity index (χ1) is 17.4. The maximum Gasteiger partial charge on any atom is 0.141 e. The fraction of sp³-hybridized carbons (Fsp3) is 0.161. The van der Waals surface area contributed by atoms with Gasteiger partial charge in [0.25, 0.3) is 0 Å². The van der Waals surface area contributed by atoms with E-state index in [1.165, 1.54) is 5.56 Å². The summed E-state index contributed by atoms with van der Waals surface area (Å²) in [5.41, 5.74) is 9.10. The molecule has 178 valence electrons. The summed E-state index contributed by atoms with van der Waals surface area (Å²) in [5, 5.41) is 11.6. The molecule has 5 heteroatoms. The first kappa shape index (κ1) is 22.1. The predicted molar refractivity (Wildman–Crippen MR) is 148 cm³/mol. The molecule has 5 nitrogen and oxygen atoms in total. The number of benzene rings is 3. The average molecular weight is 473 g/mol. The van der Waals surface area contributed by atoms with E-state index in [0.29, 0.717) is 11.4 Å². The number of para-hydroxylation sites is 2. The molecule has 0 radical (unpaired) electrons. The van der Waals surface area contributed by atoms with Gasteiger partial charge in [0.2, 0.25) is 0 Å². The molecule has 0 atom stereocenters. The van der Waals surface area contributed by atoms with Crippen molar-refractivity contribution in [2.45, 2.75) is 26.7 Å². The SMILES string of the molecule is Cc1ccnc(N2c3ccccc3N(C)c3ccc(-c4ccc5c(C(C)C)ccc(O)c5n4)cc32)c1. The Balaban J connectivity index is 1.55. The molecule has 3 heterocycles. The number of aromatic nitrogens is 2. The van der Waals surface area contributed by atoms with Gasteiger partial charge in [-0.2, -0.15) is 0 Å². The molecule has 0 fully saturated rings. The van der Waals surface area contributed by atoms with E-state index in [4.69, 9.17) is 9.97 Å². The Bertz CT molecular complexity index is 1630. The van der Waals surface area contributed by atoms with Crippen molar-refractivity contribution in [2.75, 3.05) is 16.8 Å². The van der Waals surface area contributed by atoms with Crippen molar-refractivity contribution < 1.29 is 5.11 Å². The molecule has 0 spiro atoms. The number of rotatable bonds is 3. The summed E-state index contributed by atoms with van der Waals surface area (Å²) in [6, 6.07) is 26.8. The second-order valence-electron chi connectivity index (χ2n) is 9.70. The number of pyridine rings is 2. The number of fused-ring (bicyclic) bond motifs is 3. The molecule has 36 heavy (non-hydrogen) atoms. The Morgan fingerprint density at radius 1 is 0.806 bits per heavy atom. The van der Waals surface area contributed by atoms with E-state index in [0.717, 1.165) is 50.8 Å². The molecule has 0 unspecified atom stereocenters. The highest BCUT2D eigenvalue weighted by atomic mass is 16.3. The number of phenolic OH excluding ortho intramolecular Hbond substituents is 1. The van der Waals surface area contributed by atoms with E-state index in [1.54, 1.807) is 6.07 Å². The first-order valence-electron chi connectivity index (χ1n) is 12.2. The maximum atomic E-state index is 10.6. The number of aryl methyl sites for hydroxylation is 1. The van der Waals surface area contributed by atoms with Crippen molar-refractivity contribution in [1.82, 2.24) is 9.97 Å². The van der Waals surface area contributed by atoms with Crippen molar-refractivity contribution in [2.24, 2.45) is 0 Å². The van der Waals surface area contributed by atoms with Gasteiger partial charge in [0.1, 0.15) is 17.1 Å². The van der Waals surface area contributed by atoms with Gasteiger partial charge in [-0.05, 0) is 72.5 Å². The van der Waals surface area contributed by atoms with Crippen LogP contribution in [0.3, 0.4) is 0 Å². The van der Waals surface area contributed by atoms with E-state index in [-0.39, 0.29) is 5.75 Å². The van der Waals surface area contributed by atoms with Crippen LogP contribution in [-0.4, -0.2) is 22.1 Å². The van der Waals surface area contributed by atoms with Crippen molar-refractivity contribution in [3.05, 3.63) is 96.2 Å². The Hall–Kier alpha value is -4.38. The van der Waals surface area contributed by atoms with E-state index in [1.807, 2.05) is 24.4 Å². The van der Waals surface area contributed by atoms with Gasteiger partial charge < -0.3 is 10.0 Å². The van der Waals surface area contributed by atoms with Crippen molar-refractivity contribution in [3.8, 4) is 17.0 Å².